The van der Waals surface area contributed by atoms with Gasteiger partial charge in [0.05, 0.1) is 11.8 Å². The van der Waals surface area contributed by atoms with Gasteiger partial charge in [-0.05, 0) is 29.8 Å². The molecule has 4 heteroatoms. The summed E-state index contributed by atoms with van der Waals surface area (Å²) in [5.74, 6) is 0.267. The van der Waals surface area contributed by atoms with Gasteiger partial charge in [0.2, 0.25) is 0 Å². The van der Waals surface area contributed by atoms with E-state index in [1.54, 1.807) is 12.1 Å². The Morgan fingerprint density at radius 3 is 2.89 bits per heavy atom. The summed E-state index contributed by atoms with van der Waals surface area (Å²) in [6.45, 7) is 1.92. The van der Waals surface area contributed by atoms with E-state index in [-0.39, 0.29) is 18.0 Å². The molecule has 1 aromatic heterocycles. The summed E-state index contributed by atoms with van der Waals surface area (Å²) >= 11 is 3.32. The topological polar surface area (TPSA) is 30.2 Å². The highest BCUT2D eigenvalue weighted by molar-refractivity contribution is 9.10. The normalized spacial score (nSPS) is 10.6. The van der Waals surface area contributed by atoms with Crippen molar-refractivity contribution in [3.8, 4) is 0 Å². The molecule has 94 valence electrons. The number of Topliss-reactive ketones (excluding diaryl/α,β-unsaturated/α-hetero) is 1. The number of halogens is 2. The van der Waals surface area contributed by atoms with E-state index in [2.05, 4.69) is 15.9 Å². The fourth-order valence-corrected chi connectivity index (χ4v) is 2.20. The van der Waals surface area contributed by atoms with Crippen molar-refractivity contribution in [2.75, 3.05) is 0 Å². The third kappa shape index (κ3) is 2.70. The Morgan fingerprint density at radius 1 is 1.39 bits per heavy atom. The molecule has 2 rings (SSSR count). The van der Waals surface area contributed by atoms with E-state index < -0.39 is 0 Å². The van der Waals surface area contributed by atoms with Crippen LogP contribution in [0.3, 0.4) is 0 Å². The van der Waals surface area contributed by atoms with Crippen LogP contribution in [0.15, 0.2) is 39.4 Å². The molecule has 0 spiro atoms. The molecule has 2 nitrogen and oxygen atoms in total. The molecule has 0 aliphatic carbocycles. The Morgan fingerprint density at radius 2 is 2.17 bits per heavy atom. The van der Waals surface area contributed by atoms with Gasteiger partial charge in [-0.2, -0.15) is 0 Å². The molecule has 0 saturated heterocycles. The number of benzene rings is 1. The highest BCUT2D eigenvalue weighted by Crippen LogP contribution is 2.21. The van der Waals surface area contributed by atoms with Crippen LogP contribution in [0, 0.1) is 5.82 Å². The second kappa shape index (κ2) is 5.48. The van der Waals surface area contributed by atoms with Gasteiger partial charge in [-0.15, -0.1) is 0 Å². The molecule has 0 radical (unpaired) electrons. The van der Waals surface area contributed by atoms with Gasteiger partial charge >= 0.3 is 0 Å². The van der Waals surface area contributed by atoms with Gasteiger partial charge in [0, 0.05) is 17.3 Å². The maximum Gasteiger partial charge on any atom is 0.170 e. The lowest BCUT2D eigenvalue weighted by molar-refractivity contribution is 0.0991. The lowest BCUT2D eigenvalue weighted by Gasteiger charge is -2.04. The van der Waals surface area contributed by atoms with E-state index >= 15 is 0 Å². The predicted octanol–water partition coefficient (Wildman–Crippen LogP) is 4.17. The Hall–Kier alpha value is -1.42. The maximum atomic E-state index is 13.1. The molecule has 2 aromatic rings. The van der Waals surface area contributed by atoms with Crippen LogP contribution < -0.4 is 0 Å². The van der Waals surface area contributed by atoms with Gasteiger partial charge in [-0.1, -0.05) is 22.9 Å². The lowest BCUT2D eigenvalue weighted by atomic mass is 10.0. The summed E-state index contributed by atoms with van der Waals surface area (Å²) in [4.78, 5) is 12.1. The first-order valence-electron chi connectivity index (χ1n) is 5.65. The van der Waals surface area contributed by atoms with E-state index in [0.29, 0.717) is 23.3 Å². The summed E-state index contributed by atoms with van der Waals surface area (Å²) in [7, 11) is 0. The molecule has 1 heterocycles. The zero-order valence-corrected chi connectivity index (χ0v) is 11.5. The number of hydrogen-bond donors (Lipinski definition) is 0. The van der Waals surface area contributed by atoms with E-state index in [9.17, 15) is 9.18 Å². The Labute approximate surface area is 113 Å². The summed E-state index contributed by atoms with van der Waals surface area (Å²) in [6, 6.07) is 5.99. The monoisotopic (exact) mass is 310 g/mol. The Bertz CT molecular complexity index is 575. The molecule has 0 amide bonds. The van der Waals surface area contributed by atoms with Crippen LogP contribution in [0.2, 0.25) is 0 Å². The molecule has 0 atom stereocenters. The third-order valence-corrected chi connectivity index (χ3v) is 3.50. The fourth-order valence-electron chi connectivity index (χ4n) is 1.81. The molecular formula is C14H12BrFO2. The van der Waals surface area contributed by atoms with E-state index in [1.165, 1.54) is 18.4 Å². The molecule has 18 heavy (non-hydrogen) atoms. The molecule has 0 fully saturated rings. The second-order valence-electron chi connectivity index (χ2n) is 3.95. The minimum absolute atomic E-state index is 0.0631. The van der Waals surface area contributed by atoms with E-state index in [1.807, 2.05) is 6.92 Å². The summed E-state index contributed by atoms with van der Waals surface area (Å²) in [5, 5.41) is 0. The smallest absolute Gasteiger partial charge is 0.170 e. The number of ketones is 1. The third-order valence-electron chi connectivity index (χ3n) is 2.73. The number of aryl methyl sites for hydroxylation is 1. The molecule has 1 aromatic carbocycles. The van der Waals surface area contributed by atoms with E-state index in [4.69, 9.17) is 4.42 Å². The molecule has 0 saturated carbocycles. The molecule has 0 unspecified atom stereocenters. The first kappa shape index (κ1) is 13.0. The van der Waals surface area contributed by atoms with Crippen molar-refractivity contribution in [1.82, 2.24) is 0 Å². The maximum absolute atomic E-state index is 13.1. The van der Waals surface area contributed by atoms with Gasteiger partial charge in [-0.25, -0.2) is 4.39 Å². The first-order valence-corrected chi connectivity index (χ1v) is 6.44. The quantitative estimate of drug-likeness (QED) is 0.793. The van der Waals surface area contributed by atoms with Crippen LogP contribution >= 0.6 is 15.9 Å². The lowest BCUT2D eigenvalue weighted by Crippen LogP contribution is -2.05. The van der Waals surface area contributed by atoms with Gasteiger partial charge < -0.3 is 4.42 Å². The second-order valence-corrected chi connectivity index (χ2v) is 4.80. The fraction of sp³-hybridized carbons (Fsp3) is 0.214. The van der Waals surface area contributed by atoms with Crippen molar-refractivity contribution in [2.45, 2.75) is 19.8 Å². The number of carbonyl (C=O) groups is 1. The van der Waals surface area contributed by atoms with Crippen molar-refractivity contribution in [2.24, 2.45) is 0 Å². The summed E-state index contributed by atoms with van der Waals surface area (Å²) in [6.07, 6.45) is 2.33. The van der Waals surface area contributed by atoms with Crippen LogP contribution in [-0.4, -0.2) is 5.78 Å². The SMILES string of the molecule is CCc1occc1C(=O)Cc1cc(F)ccc1Br. The van der Waals surface area contributed by atoms with Crippen molar-refractivity contribution >= 4 is 21.7 Å². The minimum Gasteiger partial charge on any atom is -0.469 e. The number of carbonyl (C=O) groups excluding carboxylic acids is 1. The van der Waals surface area contributed by atoms with Crippen molar-refractivity contribution in [3.05, 3.63) is 57.7 Å². The van der Waals surface area contributed by atoms with Crippen molar-refractivity contribution in [3.63, 3.8) is 0 Å². The van der Waals surface area contributed by atoms with Crippen LogP contribution in [0.5, 0.6) is 0 Å². The first-order chi connectivity index (χ1) is 8.61. The number of rotatable bonds is 4. The standard InChI is InChI=1S/C14H12BrFO2/c1-2-14-11(5-6-18-14)13(17)8-9-7-10(16)3-4-12(9)15/h3-7H,2,8H2,1H3. The van der Waals surface area contributed by atoms with Crippen molar-refractivity contribution in [1.29, 1.82) is 0 Å². The molecule has 0 aliphatic rings. The van der Waals surface area contributed by atoms with Crippen LogP contribution in [0.4, 0.5) is 4.39 Å². The Balaban J connectivity index is 2.24. The number of hydrogen-bond acceptors (Lipinski definition) is 2. The number of furan rings is 1. The largest absolute Gasteiger partial charge is 0.469 e. The van der Waals surface area contributed by atoms with Crippen LogP contribution in [0.1, 0.15) is 28.6 Å². The molecular weight excluding hydrogens is 299 g/mol. The predicted molar refractivity (Wildman–Crippen MR) is 70.2 cm³/mol. The van der Waals surface area contributed by atoms with Gasteiger partial charge in [0.1, 0.15) is 11.6 Å². The highest BCUT2D eigenvalue weighted by Gasteiger charge is 2.15. The van der Waals surface area contributed by atoms with Crippen LogP contribution in [0.25, 0.3) is 0 Å². The van der Waals surface area contributed by atoms with E-state index in [0.717, 1.165) is 4.47 Å². The average molecular weight is 311 g/mol. The summed E-state index contributed by atoms with van der Waals surface area (Å²) < 4.78 is 19.1. The summed E-state index contributed by atoms with van der Waals surface area (Å²) in [5.41, 5.74) is 1.22. The van der Waals surface area contributed by atoms with Gasteiger partial charge in [0.15, 0.2) is 5.78 Å². The zero-order valence-electron chi connectivity index (χ0n) is 9.87. The molecule has 0 aliphatic heterocycles. The highest BCUT2D eigenvalue weighted by atomic mass is 79.9. The average Bonchev–Trinajstić information content (AvgIpc) is 2.82. The van der Waals surface area contributed by atoms with Crippen molar-refractivity contribution < 1.29 is 13.6 Å². The Kier molecular flexibility index (Phi) is 3.97. The van der Waals surface area contributed by atoms with Gasteiger partial charge in [-0.3, -0.25) is 4.79 Å². The van der Waals surface area contributed by atoms with Crippen LogP contribution in [-0.2, 0) is 12.8 Å². The van der Waals surface area contributed by atoms with Gasteiger partial charge in [0.25, 0.3) is 0 Å². The molecule has 0 N–H and O–H groups in total. The zero-order chi connectivity index (χ0) is 13.1. The molecule has 0 bridgehead atoms. The minimum atomic E-state index is -0.344.